The van der Waals surface area contributed by atoms with Gasteiger partial charge in [0.15, 0.2) is 11.9 Å². The van der Waals surface area contributed by atoms with E-state index in [1.165, 1.54) is 9.13 Å². The van der Waals surface area contributed by atoms with Crippen molar-refractivity contribution in [3.63, 3.8) is 0 Å². The minimum absolute atomic E-state index is 0.0139. The van der Waals surface area contributed by atoms with Crippen molar-refractivity contribution < 1.29 is 24.1 Å². The van der Waals surface area contributed by atoms with Crippen molar-refractivity contribution in [3.8, 4) is 11.9 Å². The molecule has 134 valence electrons. The molecule has 0 aliphatic rings. The van der Waals surface area contributed by atoms with Gasteiger partial charge in [0, 0.05) is 11.6 Å². The smallest absolute Gasteiger partial charge is 0.459 e. The summed E-state index contributed by atoms with van der Waals surface area (Å²) in [5, 5.41) is 23.7. The molecule has 0 aliphatic heterocycles. The average molecular weight is 360 g/mol. The van der Waals surface area contributed by atoms with Crippen LogP contribution < -0.4 is 9.13 Å². The van der Waals surface area contributed by atoms with Crippen LogP contribution >= 0.6 is 0 Å². The van der Waals surface area contributed by atoms with Gasteiger partial charge in [-0.1, -0.05) is 57.7 Å². The molecule has 1 aromatic heterocycles. The van der Waals surface area contributed by atoms with Crippen molar-refractivity contribution in [2.75, 3.05) is 0 Å². The van der Waals surface area contributed by atoms with Crippen LogP contribution in [0, 0.1) is 0 Å². The van der Waals surface area contributed by atoms with Gasteiger partial charge in [0.05, 0.1) is 0 Å². The summed E-state index contributed by atoms with van der Waals surface area (Å²) in [6.07, 6.45) is 0. The Kier molecular flexibility index (Phi) is 4.20. The van der Waals surface area contributed by atoms with E-state index in [9.17, 15) is 15.0 Å². The van der Waals surface area contributed by atoms with Crippen LogP contribution in [0.15, 0.2) is 66.7 Å². The normalized spacial score (nSPS) is 11.1. The minimum Gasteiger partial charge on any atom is -0.459 e. The van der Waals surface area contributed by atoms with Gasteiger partial charge in [-0.05, 0) is 29.8 Å². The van der Waals surface area contributed by atoms with E-state index in [2.05, 4.69) is 0 Å². The number of aromatic hydroxyl groups is 2. The second-order valence-electron chi connectivity index (χ2n) is 6.46. The number of carbonyl (C=O) groups excluding carboxylic acids is 1. The van der Waals surface area contributed by atoms with E-state index in [1.807, 2.05) is 55.5 Å². The summed E-state index contributed by atoms with van der Waals surface area (Å²) in [7, 11) is 0. The summed E-state index contributed by atoms with van der Waals surface area (Å²) in [6.45, 7) is 2.18. The van der Waals surface area contributed by atoms with E-state index >= 15 is 0 Å². The molecule has 2 N–H and O–H groups in total. The number of aromatic nitrogens is 2. The molecule has 5 nitrogen and oxygen atoms in total. The summed E-state index contributed by atoms with van der Waals surface area (Å²) in [6, 6.07) is 20.5. The zero-order chi connectivity index (χ0) is 19.0. The van der Waals surface area contributed by atoms with Gasteiger partial charge in [0.1, 0.15) is 0 Å². The number of nitrogens with zero attached hydrogens (tertiary/aromatic N) is 2. The number of hydrogen-bond donors (Lipinski definition) is 2. The molecular weight excluding hydrogens is 340 g/mol. The second-order valence-corrected chi connectivity index (χ2v) is 6.46. The Morgan fingerprint density at radius 3 is 2.37 bits per heavy atom. The number of hydrogen-bond acceptors (Lipinski definition) is 3. The van der Waals surface area contributed by atoms with Crippen molar-refractivity contribution in [1.82, 2.24) is 0 Å². The molecule has 4 rings (SSSR count). The Balaban J connectivity index is 1.81. The fourth-order valence-corrected chi connectivity index (χ4v) is 3.44. The van der Waals surface area contributed by atoms with Gasteiger partial charge in [0.25, 0.3) is 0 Å². The lowest BCUT2D eigenvalue weighted by Gasteiger charge is -2.05. The lowest BCUT2D eigenvalue weighted by molar-refractivity contribution is -0.815. The van der Waals surface area contributed by atoms with E-state index in [-0.39, 0.29) is 24.2 Å². The fraction of sp³-hybridized carbons (Fsp3) is 0.136. The molecule has 0 bridgehead atoms. The van der Waals surface area contributed by atoms with Crippen LogP contribution in [-0.4, -0.2) is 16.0 Å². The Hall–Kier alpha value is -3.47. The minimum atomic E-state index is -0.150. The highest BCUT2D eigenvalue weighted by molar-refractivity contribution is 5.99. The first-order chi connectivity index (χ1) is 13.1. The van der Waals surface area contributed by atoms with Crippen molar-refractivity contribution in [3.05, 3.63) is 72.3 Å². The Labute approximate surface area is 156 Å². The lowest BCUT2D eigenvalue weighted by Crippen LogP contribution is -2.49. The van der Waals surface area contributed by atoms with Gasteiger partial charge in [-0.3, -0.25) is 4.79 Å². The molecule has 0 aliphatic carbocycles. The summed E-state index contributed by atoms with van der Waals surface area (Å²) in [5.41, 5.74) is 1.19. The number of Topliss-reactive ketones (excluding diaryl/α,β-unsaturated/α-hetero) is 1. The quantitative estimate of drug-likeness (QED) is 0.434. The van der Waals surface area contributed by atoms with Gasteiger partial charge in [0.2, 0.25) is 17.8 Å². The average Bonchev–Trinajstić information content (AvgIpc) is 2.71. The molecule has 0 saturated heterocycles. The first-order valence-corrected chi connectivity index (χ1v) is 8.88. The highest BCUT2D eigenvalue weighted by atomic mass is 16.3. The predicted molar refractivity (Wildman–Crippen MR) is 102 cm³/mol. The van der Waals surface area contributed by atoms with Gasteiger partial charge in [-0.2, -0.15) is 0 Å². The first kappa shape index (κ1) is 17.0. The number of rotatable bonds is 4. The molecule has 1 heterocycles. The van der Waals surface area contributed by atoms with Crippen molar-refractivity contribution in [1.29, 1.82) is 0 Å². The lowest BCUT2D eigenvalue weighted by atomic mass is 10.0. The largest absolute Gasteiger partial charge is 0.632 e. The topological polar surface area (TPSA) is 65.3 Å². The Bertz CT molecular complexity index is 1180. The van der Waals surface area contributed by atoms with Crippen LogP contribution in [0.4, 0.5) is 0 Å². The fourth-order valence-electron chi connectivity index (χ4n) is 3.44. The highest BCUT2D eigenvalue weighted by Gasteiger charge is 2.33. The number of para-hydroxylation sites is 1. The van der Waals surface area contributed by atoms with Crippen LogP contribution in [0.2, 0.25) is 0 Å². The maximum absolute atomic E-state index is 12.9. The molecule has 0 atom stereocenters. The molecule has 27 heavy (non-hydrogen) atoms. The zero-order valence-corrected chi connectivity index (χ0v) is 15.0. The molecule has 0 fully saturated rings. The van der Waals surface area contributed by atoms with E-state index in [4.69, 9.17) is 0 Å². The molecule has 3 aromatic carbocycles. The number of ketones is 1. The van der Waals surface area contributed by atoms with Crippen LogP contribution in [-0.2, 0) is 13.1 Å². The van der Waals surface area contributed by atoms with Crippen molar-refractivity contribution in [2.45, 2.75) is 20.0 Å². The third kappa shape index (κ3) is 2.87. The van der Waals surface area contributed by atoms with Crippen LogP contribution in [0.5, 0.6) is 11.9 Å². The molecule has 5 heteroatoms. The van der Waals surface area contributed by atoms with E-state index in [1.54, 1.807) is 18.2 Å². The molecule has 0 amide bonds. The second kappa shape index (κ2) is 6.68. The first-order valence-electron chi connectivity index (χ1n) is 8.88. The summed E-state index contributed by atoms with van der Waals surface area (Å²) < 4.78 is 2.92. The summed E-state index contributed by atoms with van der Waals surface area (Å²) in [5.74, 6) is -0.125. The predicted octanol–water partition coefficient (Wildman–Crippen LogP) is 2.88. The standard InChI is InChI=1S/C22H18N2O3/c1-2-23-21(26)18-9-5-6-10-19(18)24(22(23)27)14-20(25)17-12-11-15-7-3-4-8-16(15)13-17/h3-13H,2,14H2,1H3/p+2. The van der Waals surface area contributed by atoms with Crippen molar-refractivity contribution >= 4 is 27.5 Å². The number of benzene rings is 3. The van der Waals surface area contributed by atoms with Gasteiger partial charge in [-0.25, -0.2) is 0 Å². The van der Waals surface area contributed by atoms with Gasteiger partial charge >= 0.3 is 11.9 Å². The SMILES string of the molecule is CC[n+]1c(O)c2ccccc2[n+](CC(=O)c2ccc3ccccc3c2)c1O. The number of fused-ring (bicyclic) bond motifs is 2. The van der Waals surface area contributed by atoms with E-state index in [0.717, 1.165) is 10.8 Å². The zero-order valence-electron chi connectivity index (χ0n) is 15.0. The van der Waals surface area contributed by atoms with Crippen LogP contribution in [0.1, 0.15) is 17.3 Å². The molecule has 0 radical (unpaired) electrons. The van der Waals surface area contributed by atoms with E-state index in [0.29, 0.717) is 23.0 Å². The molecular formula is C22H20N2O3+2. The Morgan fingerprint density at radius 1 is 0.889 bits per heavy atom. The van der Waals surface area contributed by atoms with Gasteiger partial charge in [-0.15, -0.1) is 0 Å². The summed E-state index contributed by atoms with van der Waals surface area (Å²) in [4.78, 5) is 12.9. The maximum atomic E-state index is 12.9. The third-order valence-electron chi connectivity index (χ3n) is 4.86. The molecule has 0 spiro atoms. The van der Waals surface area contributed by atoms with E-state index < -0.39 is 0 Å². The monoisotopic (exact) mass is 360 g/mol. The van der Waals surface area contributed by atoms with Crippen molar-refractivity contribution in [2.24, 2.45) is 0 Å². The van der Waals surface area contributed by atoms with Crippen LogP contribution in [0.3, 0.4) is 0 Å². The molecule has 0 saturated carbocycles. The molecule has 4 aromatic rings. The molecule has 0 unspecified atom stereocenters. The van der Waals surface area contributed by atoms with Crippen LogP contribution in [0.25, 0.3) is 21.7 Å². The number of carbonyl (C=O) groups is 1. The maximum Gasteiger partial charge on any atom is 0.632 e. The third-order valence-corrected chi connectivity index (χ3v) is 4.86. The van der Waals surface area contributed by atoms with Gasteiger partial charge < -0.3 is 10.2 Å². The highest BCUT2D eigenvalue weighted by Crippen LogP contribution is 2.21. The Morgan fingerprint density at radius 2 is 1.59 bits per heavy atom. The summed E-state index contributed by atoms with van der Waals surface area (Å²) >= 11 is 0.